The Hall–Kier alpha value is -2.81. The van der Waals surface area contributed by atoms with Crippen LogP contribution >= 0.6 is 0 Å². The van der Waals surface area contributed by atoms with E-state index < -0.39 is 0 Å². The summed E-state index contributed by atoms with van der Waals surface area (Å²) in [6.45, 7) is 6.37. The summed E-state index contributed by atoms with van der Waals surface area (Å²) >= 11 is 0. The summed E-state index contributed by atoms with van der Waals surface area (Å²) in [4.78, 5) is 4.88. The van der Waals surface area contributed by atoms with E-state index in [2.05, 4.69) is 67.8 Å². The molecule has 2 N–H and O–H groups in total. The third-order valence-corrected chi connectivity index (χ3v) is 3.80. The minimum Gasteiger partial charge on any atom is -0.380 e. The molecule has 3 aromatic rings. The lowest BCUT2D eigenvalue weighted by molar-refractivity contribution is 0.898. The quantitative estimate of drug-likeness (QED) is 0.641. The number of rotatable bonds is 5. The second kappa shape index (κ2) is 7.18. The zero-order valence-electron chi connectivity index (χ0n) is 14.4. The van der Waals surface area contributed by atoms with E-state index in [0.717, 1.165) is 28.5 Å². The molecule has 0 aliphatic heterocycles. The maximum Gasteiger partial charge on any atom is 0.154 e. The second-order valence-electron chi connectivity index (χ2n) is 6.20. The molecule has 0 saturated heterocycles. The largest absolute Gasteiger partial charge is 0.380 e. The number of pyridine rings is 1. The minimum atomic E-state index is 0.340. The summed E-state index contributed by atoms with van der Waals surface area (Å²) in [6, 6.07) is 23.0. The van der Waals surface area contributed by atoms with Crippen molar-refractivity contribution in [3.05, 3.63) is 72.3 Å². The van der Waals surface area contributed by atoms with E-state index in [1.807, 2.05) is 30.3 Å². The molecule has 1 heterocycles. The molecular weight excluding hydrogens is 294 g/mol. The highest BCUT2D eigenvalue weighted by atomic mass is 15.1. The molecule has 0 amide bonds. The summed E-state index contributed by atoms with van der Waals surface area (Å²) in [5, 5.41) is 6.90. The van der Waals surface area contributed by atoms with Gasteiger partial charge in [0.05, 0.1) is 11.4 Å². The molecule has 122 valence electrons. The van der Waals surface area contributed by atoms with Crippen molar-refractivity contribution in [2.75, 3.05) is 10.6 Å². The number of nitrogens with one attached hydrogen (secondary N) is 2. The van der Waals surface area contributed by atoms with Crippen molar-refractivity contribution in [3.63, 3.8) is 0 Å². The molecule has 0 unspecified atom stereocenters. The van der Waals surface area contributed by atoms with Gasteiger partial charge < -0.3 is 10.6 Å². The first kappa shape index (κ1) is 16.1. The standard InChI is InChI=1S/C21H23N3/c1-15(2)22-20-14-13-19(18-12-8-7-9-16(18)3)24-21(20)23-17-10-5-4-6-11-17/h4-15,22H,1-3H3,(H,23,24). The van der Waals surface area contributed by atoms with Crippen LogP contribution in [0.1, 0.15) is 19.4 Å². The van der Waals surface area contributed by atoms with Crippen molar-refractivity contribution >= 4 is 17.2 Å². The Labute approximate surface area is 143 Å². The topological polar surface area (TPSA) is 37.0 Å². The van der Waals surface area contributed by atoms with Gasteiger partial charge in [0, 0.05) is 17.3 Å². The molecule has 0 saturated carbocycles. The maximum absolute atomic E-state index is 4.88. The van der Waals surface area contributed by atoms with E-state index >= 15 is 0 Å². The van der Waals surface area contributed by atoms with E-state index in [-0.39, 0.29) is 0 Å². The molecule has 3 nitrogen and oxygen atoms in total. The zero-order valence-corrected chi connectivity index (χ0v) is 14.4. The van der Waals surface area contributed by atoms with Gasteiger partial charge in [0.2, 0.25) is 0 Å². The average molecular weight is 317 g/mol. The second-order valence-corrected chi connectivity index (χ2v) is 6.20. The fourth-order valence-electron chi connectivity index (χ4n) is 2.65. The van der Waals surface area contributed by atoms with Crippen LogP contribution in [0.25, 0.3) is 11.3 Å². The number of aryl methyl sites for hydroxylation is 1. The molecule has 1 aromatic heterocycles. The Morgan fingerprint density at radius 3 is 2.25 bits per heavy atom. The van der Waals surface area contributed by atoms with E-state index in [1.54, 1.807) is 0 Å². The number of aromatic nitrogens is 1. The van der Waals surface area contributed by atoms with Gasteiger partial charge in [0.25, 0.3) is 0 Å². The number of hydrogen-bond acceptors (Lipinski definition) is 3. The van der Waals surface area contributed by atoms with Gasteiger partial charge in [-0.15, -0.1) is 0 Å². The van der Waals surface area contributed by atoms with Gasteiger partial charge in [-0.3, -0.25) is 0 Å². The summed E-state index contributed by atoms with van der Waals surface area (Å²) in [5.41, 5.74) is 5.38. The SMILES string of the molecule is Cc1ccccc1-c1ccc(NC(C)C)c(Nc2ccccc2)n1. The van der Waals surface area contributed by atoms with Crippen LogP contribution in [-0.2, 0) is 0 Å². The van der Waals surface area contributed by atoms with E-state index in [4.69, 9.17) is 4.98 Å². The lowest BCUT2D eigenvalue weighted by atomic mass is 10.1. The van der Waals surface area contributed by atoms with Gasteiger partial charge in [-0.25, -0.2) is 4.98 Å². The van der Waals surface area contributed by atoms with Crippen molar-refractivity contribution in [3.8, 4) is 11.3 Å². The van der Waals surface area contributed by atoms with Gasteiger partial charge in [0.15, 0.2) is 5.82 Å². The Morgan fingerprint density at radius 1 is 0.833 bits per heavy atom. The van der Waals surface area contributed by atoms with Crippen LogP contribution in [-0.4, -0.2) is 11.0 Å². The van der Waals surface area contributed by atoms with Gasteiger partial charge in [-0.2, -0.15) is 0 Å². The van der Waals surface area contributed by atoms with Crippen LogP contribution in [0, 0.1) is 6.92 Å². The van der Waals surface area contributed by atoms with E-state index in [1.165, 1.54) is 5.56 Å². The first-order chi connectivity index (χ1) is 11.6. The molecule has 3 heteroatoms. The smallest absolute Gasteiger partial charge is 0.154 e. The van der Waals surface area contributed by atoms with Crippen molar-refractivity contribution in [2.45, 2.75) is 26.8 Å². The predicted molar refractivity (Wildman–Crippen MR) is 103 cm³/mol. The van der Waals surface area contributed by atoms with Crippen LogP contribution in [0.4, 0.5) is 17.2 Å². The van der Waals surface area contributed by atoms with E-state index in [0.29, 0.717) is 6.04 Å². The van der Waals surface area contributed by atoms with E-state index in [9.17, 15) is 0 Å². The molecule has 0 atom stereocenters. The Balaban J connectivity index is 2.02. The summed E-state index contributed by atoms with van der Waals surface area (Å²) < 4.78 is 0. The van der Waals surface area contributed by atoms with Gasteiger partial charge >= 0.3 is 0 Å². The number of anilines is 3. The Morgan fingerprint density at radius 2 is 1.54 bits per heavy atom. The molecule has 24 heavy (non-hydrogen) atoms. The van der Waals surface area contributed by atoms with Gasteiger partial charge in [0.1, 0.15) is 0 Å². The highest BCUT2D eigenvalue weighted by molar-refractivity contribution is 5.75. The molecule has 2 aromatic carbocycles. The summed E-state index contributed by atoms with van der Waals surface area (Å²) in [5.74, 6) is 0.843. The average Bonchev–Trinajstić information content (AvgIpc) is 2.57. The number of benzene rings is 2. The molecule has 0 radical (unpaired) electrons. The van der Waals surface area contributed by atoms with Crippen molar-refractivity contribution in [1.29, 1.82) is 0 Å². The summed E-state index contributed by atoms with van der Waals surface area (Å²) in [7, 11) is 0. The van der Waals surface area contributed by atoms with Gasteiger partial charge in [-0.05, 0) is 50.6 Å². The highest BCUT2D eigenvalue weighted by Crippen LogP contribution is 2.29. The first-order valence-electron chi connectivity index (χ1n) is 8.29. The zero-order chi connectivity index (χ0) is 16.9. The van der Waals surface area contributed by atoms with Crippen molar-refractivity contribution < 1.29 is 0 Å². The Bertz CT molecular complexity index is 810. The summed E-state index contributed by atoms with van der Waals surface area (Å²) in [6.07, 6.45) is 0. The Kier molecular flexibility index (Phi) is 4.80. The van der Waals surface area contributed by atoms with Crippen LogP contribution in [0.5, 0.6) is 0 Å². The molecule has 0 fully saturated rings. The number of hydrogen-bond donors (Lipinski definition) is 2. The first-order valence-corrected chi connectivity index (χ1v) is 8.29. The lowest BCUT2D eigenvalue weighted by Crippen LogP contribution is -2.12. The fourth-order valence-corrected chi connectivity index (χ4v) is 2.65. The fraction of sp³-hybridized carbons (Fsp3) is 0.190. The normalized spacial score (nSPS) is 10.7. The van der Waals surface area contributed by atoms with Crippen LogP contribution in [0.15, 0.2) is 66.7 Å². The third-order valence-electron chi connectivity index (χ3n) is 3.80. The van der Waals surface area contributed by atoms with Crippen molar-refractivity contribution in [1.82, 2.24) is 4.98 Å². The van der Waals surface area contributed by atoms with Crippen LogP contribution in [0.2, 0.25) is 0 Å². The van der Waals surface area contributed by atoms with Crippen molar-refractivity contribution in [2.24, 2.45) is 0 Å². The predicted octanol–water partition coefficient (Wildman–Crippen LogP) is 5.62. The highest BCUT2D eigenvalue weighted by Gasteiger charge is 2.10. The molecule has 3 rings (SSSR count). The van der Waals surface area contributed by atoms with Gasteiger partial charge in [-0.1, -0.05) is 42.5 Å². The molecule has 0 aliphatic rings. The third kappa shape index (κ3) is 3.74. The van der Waals surface area contributed by atoms with Crippen LogP contribution in [0.3, 0.4) is 0 Å². The molecule has 0 spiro atoms. The molecule has 0 aliphatic carbocycles. The monoisotopic (exact) mass is 317 g/mol. The number of para-hydroxylation sites is 1. The van der Waals surface area contributed by atoms with Crippen LogP contribution < -0.4 is 10.6 Å². The number of nitrogens with zero attached hydrogens (tertiary/aromatic N) is 1. The maximum atomic E-state index is 4.88. The molecule has 0 bridgehead atoms. The lowest BCUT2D eigenvalue weighted by Gasteiger charge is -2.17. The molecular formula is C21H23N3. The minimum absolute atomic E-state index is 0.340.